The third kappa shape index (κ3) is 1.77. The van der Waals surface area contributed by atoms with E-state index in [0.717, 1.165) is 42.2 Å². The standard InChI is InChI=1S/C9H13N3OS/c1-7-10-11-9(14-7)12-5-3-2-4-8(12)6-13/h6,8H,2-5H2,1H3. The lowest BCUT2D eigenvalue weighted by Crippen LogP contribution is -2.40. The molecule has 0 radical (unpaired) electrons. The lowest BCUT2D eigenvalue weighted by molar-refractivity contribution is -0.109. The quantitative estimate of drug-likeness (QED) is 0.694. The molecule has 1 unspecified atom stereocenters. The summed E-state index contributed by atoms with van der Waals surface area (Å²) in [6.45, 7) is 2.86. The second kappa shape index (κ2) is 4.04. The number of aromatic nitrogens is 2. The van der Waals surface area contributed by atoms with Gasteiger partial charge in [-0.05, 0) is 26.2 Å². The van der Waals surface area contributed by atoms with Crippen LogP contribution in [-0.2, 0) is 4.79 Å². The number of hydrogen-bond acceptors (Lipinski definition) is 5. The molecule has 0 N–H and O–H groups in total. The van der Waals surface area contributed by atoms with Crippen molar-refractivity contribution >= 4 is 22.8 Å². The minimum absolute atomic E-state index is 0.0103. The molecule has 0 aliphatic carbocycles. The minimum Gasteiger partial charge on any atom is -0.337 e. The van der Waals surface area contributed by atoms with Gasteiger partial charge in [0, 0.05) is 6.54 Å². The van der Waals surface area contributed by atoms with Gasteiger partial charge < -0.3 is 9.69 Å². The molecule has 1 aliphatic rings. The third-order valence-electron chi connectivity index (χ3n) is 2.47. The van der Waals surface area contributed by atoms with E-state index in [2.05, 4.69) is 15.1 Å². The molecule has 1 aliphatic heterocycles. The average Bonchev–Trinajstić information content (AvgIpc) is 2.65. The Morgan fingerprint density at radius 3 is 3.00 bits per heavy atom. The van der Waals surface area contributed by atoms with Gasteiger partial charge in [-0.2, -0.15) is 0 Å². The number of carbonyl (C=O) groups is 1. The van der Waals surface area contributed by atoms with Gasteiger partial charge in [0.05, 0.1) is 6.04 Å². The van der Waals surface area contributed by atoms with Crippen LogP contribution >= 0.6 is 11.3 Å². The normalized spacial score (nSPS) is 22.4. The Balaban J connectivity index is 2.18. The maximum absolute atomic E-state index is 10.9. The predicted molar refractivity (Wildman–Crippen MR) is 55.7 cm³/mol. The summed E-state index contributed by atoms with van der Waals surface area (Å²) in [5.74, 6) is 0. The average molecular weight is 211 g/mol. The molecule has 2 rings (SSSR count). The fraction of sp³-hybridized carbons (Fsp3) is 0.667. The highest BCUT2D eigenvalue weighted by atomic mass is 32.1. The first-order valence-electron chi connectivity index (χ1n) is 4.83. The topological polar surface area (TPSA) is 46.1 Å². The predicted octanol–water partition coefficient (Wildman–Crippen LogP) is 1.40. The summed E-state index contributed by atoms with van der Waals surface area (Å²) >= 11 is 1.56. The van der Waals surface area contributed by atoms with E-state index >= 15 is 0 Å². The molecule has 0 spiro atoms. The van der Waals surface area contributed by atoms with Crippen LogP contribution in [0.1, 0.15) is 24.3 Å². The van der Waals surface area contributed by atoms with Crippen molar-refractivity contribution in [1.29, 1.82) is 0 Å². The highest BCUT2D eigenvalue weighted by molar-refractivity contribution is 7.15. The van der Waals surface area contributed by atoms with Gasteiger partial charge >= 0.3 is 0 Å². The van der Waals surface area contributed by atoms with Crippen LogP contribution in [0.25, 0.3) is 0 Å². The molecule has 76 valence electrons. The molecule has 5 heteroatoms. The van der Waals surface area contributed by atoms with E-state index in [-0.39, 0.29) is 6.04 Å². The summed E-state index contributed by atoms with van der Waals surface area (Å²) in [6, 6.07) is 0.0103. The highest BCUT2D eigenvalue weighted by Gasteiger charge is 2.24. The van der Waals surface area contributed by atoms with E-state index in [1.165, 1.54) is 0 Å². The van der Waals surface area contributed by atoms with Crippen LogP contribution < -0.4 is 4.90 Å². The summed E-state index contributed by atoms with van der Waals surface area (Å²) in [5, 5.41) is 9.89. The van der Waals surface area contributed by atoms with Crippen molar-refractivity contribution in [3.05, 3.63) is 5.01 Å². The Morgan fingerprint density at radius 1 is 1.50 bits per heavy atom. The van der Waals surface area contributed by atoms with Gasteiger partial charge in [0.2, 0.25) is 5.13 Å². The number of aryl methyl sites for hydroxylation is 1. The van der Waals surface area contributed by atoms with Crippen molar-refractivity contribution in [2.24, 2.45) is 0 Å². The van der Waals surface area contributed by atoms with Crippen molar-refractivity contribution in [3.63, 3.8) is 0 Å². The second-order valence-corrected chi connectivity index (χ2v) is 4.66. The van der Waals surface area contributed by atoms with Crippen molar-refractivity contribution in [1.82, 2.24) is 10.2 Å². The number of aldehydes is 1. The molecule has 2 heterocycles. The van der Waals surface area contributed by atoms with E-state index in [4.69, 9.17) is 0 Å². The largest absolute Gasteiger partial charge is 0.337 e. The third-order valence-corrected chi connectivity index (χ3v) is 3.34. The Morgan fingerprint density at radius 2 is 2.36 bits per heavy atom. The van der Waals surface area contributed by atoms with Gasteiger partial charge in [0.15, 0.2) is 0 Å². The molecular formula is C9H13N3OS. The van der Waals surface area contributed by atoms with Crippen molar-refractivity contribution in [2.75, 3.05) is 11.4 Å². The van der Waals surface area contributed by atoms with Crippen molar-refractivity contribution in [3.8, 4) is 0 Å². The molecule has 1 atom stereocenters. The minimum atomic E-state index is 0.0103. The molecule has 1 saturated heterocycles. The smallest absolute Gasteiger partial charge is 0.208 e. The molecule has 0 aromatic carbocycles. The van der Waals surface area contributed by atoms with Crippen LogP contribution in [0.2, 0.25) is 0 Å². The molecule has 0 amide bonds. The zero-order chi connectivity index (χ0) is 9.97. The first-order chi connectivity index (χ1) is 6.81. The molecule has 0 saturated carbocycles. The first kappa shape index (κ1) is 9.58. The summed E-state index contributed by atoms with van der Waals surface area (Å²) in [4.78, 5) is 12.9. The Labute approximate surface area is 86.9 Å². The number of hydrogen-bond donors (Lipinski definition) is 0. The van der Waals surface area contributed by atoms with Crippen molar-refractivity contribution < 1.29 is 4.79 Å². The second-order valence-electron chi connectivity index (χ2n) is 3.50. The van der Waals surface area contributed by atoms with E-state index in [1.807, 2.05) is 6.92 Å². The lowest BCUT2D eigenvalue weighted by atomic mass is 10.0. The molecule has 1 aromatic heterocycles. The van der Waals surface area contributed by atoms with Crippen LogP contribution in [-0.4, -0.2) is 29.1 Å². The fourth-order valence-corrected chi connectivity index (χ4v) is 2.51. The number of carbonyl (C=O) groups excluding carboxylic acids is 1. The molecule has 1 fully saturated rings. The lowest BCUT2D eigenvalue weighted by Gasteiger charge is -2.31. The van der Waals surface area contributed by atoms with E-state index in [1.54, 1.807) is 11.3 Å². The first-order valence-corrected chi connectivity index (χ1v) is 5.65. The van der Waals surface area contributed by atoms with Crippen molar-refractivity contribution in [2.45, 2.75) is 32.2 Å². The monoisotopic (exact) mass is 211 g/mol. The van der Waals surface area contributed by atoms with Gasteiger partial charge in [-0.25, -0.2) is 0 Å². The maximum Gasteiger partial charge on any atom is 0.208 e. The van der Waals surface area contributed by atoms with E-state index in [0.29, 0.717) is 0 Å². The number of rotatable bonds is 2. The summed E-state index contributed by atoms with van der Waals surface area (Å²) in [5.41, 5.74) is 0. The molecule has 1 aromatic rings. The summed E-state index contributed by atoms with van der Waals surface area (Å²) < 4.78 is 0. The highest BCUT2D eigenvalue weighted by Crippen LogP contribution is 2.26. The van der Waals surface area contributed by atoms with Crippen LogP contribution in [0.4, 0.5) is 5.13 Å². The van der Waals surface area contributed by atoms with Gasteiger partial charge in [0.25, 0.3) is 0 Å². The molecule has 14 heavy (non-hydrogen) atoms. The van der Waals surface area contributed by atoms with Gasteiger partial charge in [-0.3, -0.25) is 0 Å². The van der Waals surface area contributed by atoms with E-state index < -0.39 is 0 Å². The van der Waals surface area contributed by atoms with Gasteiger partial charge in [0.1, 0.15) is 11.3 Å². The van der Waals surface area contributed by atoms with Gasteiger partial charge in [-0.1, -0.05) is 11.3 Å². The fourth-order valence-electron chi connectivity index (χ4n) is 1.74. The summed E-state index contributed by atoms with van der Waals surface area (Å²) in [6.07, 6.45) is 4.25. The number of piperidine rings is 1. The van der Waals surface area contributed by atoms with Gasteiger partial charge in [-0.15, -0.1) is 10.2 Å². The van der Waals surface area contributed by atoms with Crippen LogP contribution in [0.5, 0.6) is 0 Å². The zero-order valence-corrected chi connectivity index (χ0v) is 8.96. The number of anilines is 1. The van der Waals surface area contributed by atoms with E-state index in [9.17, 15) is 4.79 Å². The molecular weight excluding hydrogens is 198 g/mol. The Kier molecular flexibility index (Phi) is 2.77. The van der Waals surface area contributed by atoms with Crippen LogP contribution in [0, 0.1) is 6.92 Å². The summed E-state index contributed by atoms with van der Waals surface area (Å²) in [7, 11) is 0. The molecule has 0 bridgehead atoms. The SMILES string of the molecule is Cc1nnc(N2CCCCC2C=O)s1. The maximum atomic E-state index is 10.9. The van der Waals surface area contributed by atoms with Crippen LogP contribution in [0.3, 0.4) is 0 Å². The van der Waals surface area contributed by atoms with Crippen LogP contribution in [0.15, 0.2) is 0 Å². The Hall–Kier alpha value is -0.970. The Bertz CT molecular complexity index is 326. The zero-order valence-electron chi connectivity index (χ0n) is 8.14. The number of nitrogens with zero attached hydrogens (tertiary/aromatic N) is 3. The molecule has 4 nitrogen and oxygen atoms in total.